The molecule has 1 nitrogen and oxygen atoms in total. The fourth-order valence-electron chi connectivity index (χ4n) is 9.47. The summed E-state index contributed by atoms with van der Waals surface area (Å²) in [5.41, 5.74) is 4.87. The first-order valence-electron chi connectivity index (χ1n) is 14.1. The predicted molar refractivity (Wildman–Crippen MR) is 137 cm³/mol. The summed E-state index contributed by atoms with van der Waals surface area (Å²) in [5.74, 6) is 4.07. The molecule has 0 aromatic carbocycles. The number of hydrogen-bond acceptors (Lipinski definition) is 1. The van der Waals surface area contributed by atoms with Crippen molar-refractivity contribution in [3.63, 3.8) is 0 Å². The minimum atomic E-state index is -0.0825. The number of aliphatic hydroxyl groups is 1. The third-order valence-electron chi connectivity index (χ3n) is 12.0. The van der Waals surface area contributed by atoms with Crippen molar-refractivity contribution in [3.8, 4) is 0 Å². The molecule has 1 N–H and O–H groups in total. The lowest BCUT2D eigenvalue weighted by molar-refractivity contribution is -0.0403. The molecule has 0 heterocycles. The van der Waals surface area contributed by atoms with E-state index in [1.165, 1.54) is 51.4 Å². The molecule has 0 aromatic rings. The van der Waals surface area contributed by atoms with Crippen LogP contribution in [0.1, 0.15) is 113 Å². The zero-order chi connectivity index (χ0) is 23.5. The Morgan fingerprint density at radius 3 is 2.31 bits per heavy atom. The van der Waals surface area contributed by atoms with E-state index < -0.39 is 0 Å². The molecule has 182 valence electrons. The van der Waals surface area contributed by atoms with Gasteiger partial charge < -0.3 is 5.11 Å². The van der Waals surface area contributed by atoms with Crippen LogP contribution >= 0.6 is 0 Å². The van der Waals surface area contributed by atoms with Crippen LogP contribution < -0.4 is 0 Å². The van der Waals surface area contributed by atoms with Crippen molar-refractivity contribution in [2.75, 3.05) is 0 Å². The molecule has 0 saturated heterocycles. The largest absolute Gasteiger partial charge is 0.393 e. The second-order valence-corrected chi connectivity index (χ2v) is 13.4. The Balaban J connectivity index is 1.63. The third kappa shape index (κ3) is 3.50. The van der Waals surface area contributed by atoms with Crippen molar-refractivity contribution in [3.05, 3.63) is 23.3 Å². The van der Waals surface area contributed by atoms with Crippen LogP contribution in [0.4, 0.5) is 0 Å². The van der Waals surface area contributed by atoms with Crippen molar-refractivity contribution < 1.29 is 5.11 Å². The molecule has 0 amide bonds. The maximum absolute atomic E-state index is 10.6. The van der Waals surface area contributed by atoms with Crippen molar-refractivity contribution in [2.45, 2.75) is 119 Å². The number of fused-ring (bicyclic) bond motifs is 4. The van der Waals surface area contributed by atoms with E-state index in [2.05, 4.69) is 67.5 Å². The molecule has 1 unspecified atom stereocenters. The van der Waals surface area contributed by atoms with Crippen molar-refractivity contribution in [1.82, 2.24) is 0 Å². The van der Waals surface area contributed by atoms with Gasteiger partial charge in [0.15, 0.2) is 0 Å². The van der Waals surface area contributed by atoms with Gasteiger partial charge in [-0.1, -0.05) is 78.7 Å². The highest BCUT2D eigenvalue weighted by Crippen LogP contribution is 2.71. The Bertz CT molecular complexity index is 760. The number of rotatable bonds is 5. The van der Waals surface area contributed by atoms with Gasteiger partial charge >= 0.3 is 0 Å². The lowest BCUT2D eigenvalue weighted by Crippen LogP contribution is -2.51. The molecule has 2 fully saturated rings. The topological polar surface area (TPSA) is 20.2 Å². The van der Waals surface area contributed by atoms with Gasteiger partial charge in [0, 0.05) is 0 Å². The van der Waals surface area contributed by atoms with E-state index in [9.17, 15) is 5.11 Å². The molecule has 0 spiro atoms. The SMILES string of the molecule is CCC(/C=C/[C@@H](C)[C@H]1CC[C@@]2(C)C3=C(CC[C@]12C)[C@@]1(C)CC[C@H](O)[C@@H](C)[C@@H]1CC3)C(C)C. The van der Waals surface area contributed by atoms with Gasteiger partial charge in [0.2, 0.25) is 0 Å². The van der Waals surface area contributed by atoms with Crippen LogP contribution in [0, 0.1) is 51.8 Å². The molecule has 1 heteroatoms. The highest BCUT2D eigenvalue weighted by molar-refractivity contribution is 5.38. The Kier molecular flexibility index (Phi) is 6.59. The molecule has 32 heavy (non-hydrogen) atoms. The monoisotopic (exact) mass is 440 g/mol. The predicted octanol–water partition coefficient (Wildman–Crippen LogP) is 8.58. The minimum Gasteiger partial charge on any atom is -0.393 e. The molecule has 0 radical (unpaired) electrons. The first-order chi connectivity index (χ1) is 15.0. The average molecular weight is 441 g/mol. The fourth-order valence-corrected chi connectivity index (χ4v) is 9.47. The average Bonchev–Trinajstić information content (AvgIpc) is 3.02. The van der Waals surface area contributed by atoms with Gasteiger partial charge in [-0.2, -0.15) is 0 Å². The summed E-state index contributed by atoms with van der Waals surface area (Å²) >= 11 is 0. The van der Waals surface area contributed by atoms with E-state index in [0.717, 1.165) is 24.2 Å². The van der Waals surface area contributed by atoms with Crippen LogP contribution in [0.3, 0.4) is 0 Å². The summed E-state index contributed by atoms with van der Waals surface area (Å²) in [5, 5.41) is 10.6. The van der Waals surface area contributed by atoms with Crippen LogP contribution in [0.2, 0.25) is 0 Å². The quantitative estimate of drug-likeness (QED) is 0.424. The fraction of sp³-hybridized carbons (Fsp3) is 0.871. The first-order valence-corrected chi connectivity index (χ1v) is 14.1. The number of allylic oxidation sites excluding steroid dienone is 4. The number of aliphatic hydroxyl groups excluding tert-OH is 1. The van der Waals surface area contributed by atoms with E-state index >= 15 is 0 Å². The maximum atomic E-state index is 10.6. The Labute approximate surface area is 199 Å². The standard InChI is InChI=1S/C31H52O/c1-9-23(20(2)3)11-10-21(4)24-14-18-31(8)27-13-12-25-22(5)28(32)16-17-29(25,6)26(27)15-19-30(24,31)7/h10-11,20-25,28,32H,9,12-19H2,1-8H3/b11-10+/t21-,22+,23?,24-,25+,28+,29+,30-,31+/m1/s1. The van der Waals surface area contributed by atoms with Crippen LogP contribution in [0.25, 0.3) is 0 Å². The van der Waals surface area contributed by atoms with Gasteiger partial charge in [-0.15, -0.1) is 0 Å². The van der Waals surface area contributed by atoms with Gasteiger partial charge in [-0.3, -0.25) is 0 Å². The highest BCUT2D eigenvalue weighted by atomic mass is 16.3. The molecular weight excluding hydrogens is 388 g/mol. The Hall–Kier alpha value is -0.560. The van der Waals surface area contributed by atoms with Gasteiger partial charge in [-0.05, 0) is 110 Å². The molecule has 9 atom stereocenters. The smallest absolute Gasteiger partial charge is 0.0569 e. The molecule has 0 aromatic heterocycles. The molecule has 4 aliphatic rings. The van der Waals surface area contributed by atoms with E-state index in [1.54, 1.807) is 0 Å². The maximum Gasteiger partial charge on any atom is 0.0569 e. The molecular formula is C31H52O. The van der Waals surface area contributed by atoms with E-state index in [-0.39, 0.29) is 6.10 Å². The van der Waals surface area contributed by atoms with Gasteiger partial charge in [0.1, 0.15) is 0 Å². The molecule has 0 aliphatic heterocycles. The highest BCUT2D eigenvalue weighted by Gasteiger charge is 2.61. The van der Waals surface area contributed by atoms with E-state index in [0.29, 0.717) is 34.0 Å². The Morgan fingerprint density at radius 1 is 0.938 bits per heavy atom. The number of hydrogen-bond donors (Lipinski definition) is 1. The molecule has 4 aliphatic carbocycles. The summed E-state index contributed by atoms with van der Waals surface area (Å²) in [7, 11) is 0. The van der Waals surface area contributed by atoms with Gasteiger partial charge in [0.25, 0.3) is 0 Å². The summed E-state index contributed by atoms with van der Waals surface area (Å²) in [4.78, 5) is 0. The van der Waals surface area contributed by atoms with Crippen molar-refractivity contribution in [1.29, 1.82) is 0 Å². The van der Waals surface area contributed by atoms with Gasteiger partial charge in [-0.25, -0.2) is 0 Å². The normalized spacial score (nSPS) is 46.2. The molecule has 2 saturated carbocycles. The lowest BCUT2D eigenvalue weighted by Gasteiger charge is -2.60. The summed E-state index contributed by atoms with van der Waals surface area (Å²) < 4.78 is 0. The van der Waals surface area contributed by atoms with E-state index in [4.69, 9.17) is 0 Å². The molecule has 0 bridgehead atoms. The van der Waals surface area contributed by atoms with Gasteiger partial charge in [0.05, 0.1) is 6.10 Å². The zero-order valence-electron chi connectivity index (χ0n) is 22.5. The van der Waals surface area contributed by atoms with Crippen LogP contribution in [-0.2, 0) is 0 Å². The first kappa shape index (κ1) is 24.6. The third-order valence-corrected chi connectivity index (χ3v) is 12.0. The molecule has 4 rings (SSSR count). The van der Waals surface area contributed by atoms with Crippen molar-refractivity contribution >= 4 is 0 Å². The van der Waals surface area contributed by atoms with Crippen LogP contribution in [0.15, 0.2) is 23.3 Å². The van der Waals surface area contributed by atoms with Crippen LogP contribution in [-0.4, -0.2) is 11.2 Å². The van der Waals surface area contributed by atoms with Crippen molar-refractivity contribution in [2.24, 2.45) is 51.8 Å². The Morgan fingerprint density at radius 2 is 1.66 bits per heavy atom. The summed E-state index contributed by atoms with van der Waals surface area (Å²) in [6.07, 6.45) is 16.6. The van der Waals surface area contributed by atoms with E-state index in [1.807, 2.05) is 11.1 Å². The second-order valence-electron chi connectivity index (χ2n) is 13.4. The zero-order valence-corrected chi connectivity index (χ0v) is 22.5. The van der Waals surface area contributed by atoms with Crippen LogP contribution in [0.5, 0.6) is 0 Å². The summed E-state index contributed by atoms with van der Waals surface area (Å²) in [6, 6.07) is 0. The summed E-state index contributed by atoms with van der Waals surface area (Å²) in [6.45, 7) is 19.8. The second kappa shape index (κ2) is 8.58. The lowest BCUT2D eigenvalue weighted by atomic mass is 9.45. The minimum absolute atomic E-state index is 0.0825.